The van der Waals surface area contributed by atoms with E-state index < -0.39 is 71.7 Å². The van der Waals surface area contributed by atoms with Crippen LogP contribution < -0.4 is 5.32 Å². The van der Waals surface area contributed by atoms with Crippen molar-refractivity contribution in [1.82, 2.24) is 5.32 Å². The molecule has 2 aromatic carbocycles. The molecular weight excluding hydrogens is 555 g/mol. The summed E-state index contributed by atoms with van der Waals surface area (Å²) in [6, 6.07) is 4.62. The van der Waals surface area contributed by atoms with Gasteiger partial charge in [0.25, 0.3) is 0 Å². The summed E-state index contributed by atoms with van der Waals surface area (Å²) in [7, 11) is 0. The van der Waals surface area contributed by atoms with Gasteiger partial charge in [-0.05, 0) is 0 Å². The van der Waals surface area contributed by atoms with Gasteiger partial charge in [-0.25, -0.2) is 0 Å². The average molecular weight is 579 g/mol. The van der Waals surface area contributed by atoms with Gasteiger partial charge in [0.15, 0.2) is 0 Å². The molecular formula is C27H23F3NO8S+. The predicted octanol–water partition coefficient (Wildman–Crippen LogP) is 2.54. The van der Waals surface area contributed by atoms with E-state index in [1.807, 2.05) is 0 Å². The molecule has 0 bridgehead atoms. The molecule has 2 aromatic rings. The number of alkyl halides is 3. The van der Waals surface area contributed by atoms with Crippen LogP contribution in [0.1, 0.15) is 68.8 Å². The number of aliphatic hydroxyl groups is 1. The first-order valence-electron chi connectivity index (χ1n) is 12.4. The summed E-state index contributed by atoms with van der Waals surface area (Å²) < 4.78 is 50.2. The van der Waals surface area contributed by atoms with Crippen LogP contribution in [0, 0.1) is 11.1 Å². The molecule has 1 fully saturated rings. The fraction of sp³-hybridized carbons (Fsp3) is 0.407. The molecule has 1 heterocycles. The summed E-state index contributed by atoms with van der Waals surface area (Å²) in [6.07, 6.45) is -10.3. The van der Waals surface area contributed by atoms with Crippen LogP contribution >= 0.6 is 0 Å². The summed E-state index contributed by atoms with van der Waals surface area (Å²) in [5.41, 5.74) is -0.481. The van der Waals surface area contributed by atoms with Gasteiger partial charge in [-0.3, -0.25) is 0 Å². The summed E-state index contributed by atoms with van der Waals surface area (Å²) >= 11 is 5.00. The average Bonchev–Trinajstić information content (AvgIpc) is 2.91. The number of phenolic OH excluding ortho intramolecular Hbond substituents is 2. The van der Waals surface area contributed by atoms with Crippen molar-refractivity contribution in [2.75, 3.05) is 0 Å². The van der Waals surface area contributed by atoms with Crippen molar-refractivity contribution in [3.63, 3.8) is 0 Å². The first-order valence-corrected chi connectivity index (χ1v) is 12.8. The molecule has 210 valence electrons. The molecule has 4 unspecified atom stereocenters. The van der Waals surface area contributed by atoms with Crippen molar-refractivity contribution >= 4 is 29.5 Å². The summed E-state index contributed by atoms with van der Waals surface area (Å²) in [5.74, 6) is -5.15. The zero-order valence-electron chi connectivity index (χ0n) is 20.8. The second-order valence-corrected chi connectivity index (χ2v) is 10.2. The predicted molar refractivity (Wildman–Crippen MR) is 133 cm³/mol. The van der Waals surface area contributed by atoms with E-state index in [0.29, 0.717) is 0 Å². The van der Waals surface area contributed by atoms with Gasteiger partial charge in [0.05, 0.1) is 0 Å². The van der Waals surface area contributed by atoms with Crippen LogP contribution in [-0.4, -0.2) is 63.5 Å². The maximum absolute atomic E-state index is 13.4. The third kappa shape index (κ3) is 4.67. The first kappa shape index (κ1) is 28.2. The second-order valence-electron chi connectivity index (χ2n) is 10.00. The van der Waals surface area contributed by atoms with E-state index >= 15 is 0 Å². The Morgan fingerprint density at radius 3 is 2.27 bits per heavy atom. The zero-order valence-corrected chi connectivity index (χ0v) is 21.6. The molecule has 40 heavy (non-hydrogen) atoms. The topological polar surface area (TPSA) is 142 Å². The van der Waals surface area contributed by atoms with Gasteiger partial charge < -0.3 is 0 Å². The summed E-state index contributed by atoms with van der Waals surface area (Å²) in [4.78, 5) is 38.2. The molecule has 0 radical (unpaired) electrons. The zero-order chi connectivity index (χ0) is 29.1. The molecule has 6 atom stereocenters. The Kier molecular flexibility index (Phi) is 7.22. The number of rotatable bonds is 3. The molecule has 5 rings (SSSR count). The van der Waals surface area contributed by atoms with Crippen LogP contribution in [0.4, 0.5) is 13.2 Å². The Morgan fingerprint density at radius 2 is 1.70 bits per heavy atom. The van der Waals surface area contributed by atoms with Crippen LogP contribution in [0.3, 0.4) is 0 Å². The number of benzene rings is 2. The van der Waals surface area contributed by atoms with E-state index in [0.717, 1.165) is 0 Å². The van der Waals surface area contributed by atoms with Gasteiger partial charge in [0.1, 0.15) is 0 Å². The molecule has 13 heteroatoms. The Labute approximate surface area is 230 Å². The van der Waals surface area contributed by atoms with Crippen LogP contribution in [0.2, 0.25) is 0 Å². The minimum absolute atomic E-state index is 0.0107. The number of amides is 1. The Balaban J connectivity index is 1.53. The standard InChI is InChI=1S/C27H22F3NO8S/c1-10-21(32)15(31-26(37)27(28,29)30)8-17(38-10)39-16-7-11(9-40)6-14-18(16)25(36)20-19(24(14)35)22(33)12-4-2-3-5-13(12)23(20)34/h2-5,10-11,15-17,21,32H,6-8H2,1H3,(H2-,31,33,34,35,36,37)/p+1/t10?,11?,15?,16-,17-,21?/m0/s1. The van der Waals surface area contributed by atoms with E-state index in [2.05, 4.69) is 5.18 Å². The van der Waals surface area contributed by atoms with Gasteiger partial charge in [-0.1, -0.05) is 0 Å². The van der Waals surface area contributed by atoms with Crippen molar-refractivity contribution < 1.29 is 52.3 Å². The van der Waals surface area contributed by atoms with E-state index in [4.69, 9.17) is 21.5 Å². The van der Waals surface area contributed by atoms with Gasteiger partial charge in [0.2, 0.25) is 0 Å². The van der Waals surface area contributed by atoms with E-state index in [-0.39, 0.29) is 52.6 Å². The van der Waals surface area contributed by atoms with E-state index in [1.165, 1.54) is 19.1 Å². The van der Waals surface area contributed by atoms with Crippen molar-refractivity contribution in [2.45, 2.75) is 63.0 Å². The number of hydrogen-bond acceptors (Lipinski definition) is 8. The molecule has 9 nitrogen and oxygen atoms in total. The second kappa shape index (κ2) is 10.2. The number of nitrogens with one attached hydrogen (secondary N) is 1. The first-order chi connectivity index (χ1) is 18.8. The number of ketones is 2. The third-order valence-electron chi connectivity index (χ3n) is 7.49. The van der Waals surface area contributed by atoms with Crippen LogP contribution in [0.25, 0.3) is 0 Å². The van der Waals surface area contributed by atoms with Gasteiger partial charge >= 0.3 is 230 Å². The van der Waals surface area contributed by atoms with Gasteiger partial charge in [-0.2, -0.15) is 0 Å². The molecule has 3 aliphatic rings. The molecule has 0 spiro atoms. The number of aromatic hydroxyl groups is 2. The molecule has 0 saturated carbocycles. The SMILES string of the molecule is CC1O[C@@H](O[C@H]2CC(C#[S+])Cc3c(O)c4c(c(O)c32)C(=O)c2ccccc2C4=O)CC(NC(=O)C(F)(F)F)C1O. The van der Waals surface area contributed by atoms with Crippen molar-refractivity contribution in [2.24, 2.45) is 5.92 Å². The molecule has 1 amide bonds. The number of phenols is 2. The quantitative estimate of drug-likeness (QED) is 0.275. The number of carbonyl (C=O) groups is 3. The fourth-order valence-electron chi connectivity index (χ4n) is 5.57. The number of fused-ring (bicyclic) bond motifs is 3. The van der Waals surface area contributed by atoms with Crippen LogP contribution in [0.5, 0.6) is 11.5 Å². The van der Waals surface area contributed by atoms with Gasteiger partial charge in [-0.15, -0.1) is 0 Å². The number of ether oxygens (including phenoxy) is 2. The normalized spacial score (nSPS) is 27.7. The number of hydrogen-bond donors (Lipinski definition) is 4. The van der Waals surface area contributed by atoms with Crippen LogP contribution in [0.15, 0.2) is 24.3 Å². The van der Waals surface area contributed by atoms with Crippen molar-refractivity contribution in [3.05, 3.63) is 57.6 Å². The molecule has 4 N–H and O–H groups in total. The Morgan fingerprint density at radius 1 is 1.10 bits per heavy atom. The molecule has 1 aliphatic heterocycles. The van der Waals surface area contributed by atoms with E-state index in [1.54, 1.807) is 17.4 Å². The van der Waals surface area contributed by atoms with E-state index in [9.17, 15) is 42.9 Å². The summed E-state index contributed by atoms with van der Waals surface area (Å²) in [5, 5.41) is 37.3. The van der Waals surface area contributed by atoms with Crippen molar-refractivity contribution in [1.29, 1.82) is 0 Å². The number of carbonyl (C=O) groups excluding carboxylic acids is 3. The minimum atomic E-state index is -5.17. The number of aliphatic hydroxyl groups excluding tert-OH is 1. The fourth-order valence-corrected chi connectivity index (χ4v) is 5.75. The van der Waals surface area contributed by atoms with Crippen molar-refractivity contribution in [3.8, 4) is 16.7 Å². The Hall–Kier alpha value is -3.35. The molecule has 1 saturated heterocycles. The third-order valence-corrected chi connectivity index (χ3v) is 7.83. The summed E-state index contributed by atoms with van der Waals surface area (Å²) in [6.45, 7) is 1.39. The molecule has 2 aliphatic carbocycles. The van der Waals surface area contributed by atoms with Crippen LogP contribution in [-0.2, 0) is 32.7 Å². The monoisotopic (exact) mass is 578 g/mol. The maximum atomic E-state index is 13.4. The molecule has 0 aromatic heterocycles. The Bertz CT molecular complexity index is 1470. The number of halogens is 3. The van der Waals surface area contributed by atoms with Gasteiger partial charge in [0, 0.05) is 0 Å².